The van der Waals surface area contributed by atoms with Crippen molar-refractivity contribution < 1.29 is 14.0 Å². The van der Waals surface area contributed by atoms with Crippen molar-refractivity contribution in [3.05, 3.63) is 11.8 Å². The second-order valence-electron chi connectivity index (χ2n) is 5.26. The number of hydrogen-bond donors (Lipinski definition) is 0. The summed E-state index contributed by atoms with van der Waals surface area (Å²) in [5.74, 6) is 1.05. The molecule has 1 fully saturated rings. The van der Waals surface area contributed by atoms with Crippen LogP contribution in [0.15, 0.2) is 4.42 Å². The highest BCUT2D eigenvalue weighted by molar-refractivity contribution is 5.77. The minimum absolute atomic E-state index is 0.0107. The van der Waals surface area contributed by atoms with Crippen molar-refractivity contribution in [1.82, 2.24) is 24.9 Å². The van der Waals surface area contributed by atoms with E-state index >= 15 is 0 Å². The van der Waals surface area contributed by atoms with E-state index in [1.54, 1.807) is 35.7 Å². The molecule has 21 heavy (non-hydrogen) atoms. The highest BCUT2D eigenvalue weighted by Gasteiger charge is 2.24. The number of urea groups is 1. The predicted octanol–water partition coefficient (Wildman–Crippen LogP) is 0.136. The molecule has 0 radical (unpaired) electrons. The Bertz CT molecular complexity index is 506. The number of aromatic nitrogens is 2. The maximum absolute atomic E-state index is 12.1. The van der Waals surface area contributed by atoms with Gasteiger partial charge in [-0.1, -0.05) is 0 Å². The summed E-state index contributed by atoms with van der Waals surface area (Å²) in [7, 11) is 3.46. The molecule has 1 aromatic rings. The zero-order chi connectivity index (χ0) is 15.4. The highest BCUT2D eigenvalue weighted by atomic mass is 16.4. The van der Waals surface area contributed by atoms with Crippen molar-refractivity contribution in [2.45, 2.75) is 19.8 Å². The molecular weight excluding hydrogens is 274 g/mol. The molecule has 0 atom stereocenters. The summed E-state index contributed by atoms with van der Waals surface area (Å²) in [6.07, 6.45) is 0.805. The lowest BCUT2D eigenvalue weighted by Crippen LogP contribution is -2.52. The minimum atomic E-state index is -0.0107. The second-order valence-corrected chi connectivity index (χ2v) is 5.26. The molecule has 2 heterocycles. The molecule has 8 nitrogen and oxygen atoms in total. The van der Waals surface area contributed by atoms with Crippen LogP contribution >= 0.6 is 0 Å². The number of hydrogen-bond acceptors (Lipinski definition) is 5. The van der Waals surface area contributed by atoms with Crippen molar-refractivity contribution in [2.75, 3.05) is 40.3 Å². The molecule has 0 aliphatic carbocycles. The minimum Gasteiger partial charge on any atom is -0.426 e. The summed E-state index contributed by atoms with van der Waals surface area (Å²) in [5.41, 5.74) is 0. The average Bonchev–Trinajstić information content (AvgIpc) is 2.89. The van der Waals surface area contributed by atoms with Crippen LogP contribution in [0.5, 0.6) is 0 Å². The average molecular weight is 295 g/mol. The van der Waals surface area contributed by atoms with Crippen LogP contribution in [0.25, 0.3) is 0 Å². The number of nitrogens with zero attached hydrogens (tertiary/aromatic N) is 5. The molecule has 1 aliphatic rings. The van der Waals surface area contributed by atoms with Crippen molar-refractivity contribution in [3.8, 4) is 0 Å². The number of aryl methyl sites for hydroxylation is 2. The maximum atomic E-state index is 12.1. The third-order valence-corrected chi connectivity index (χ3v) is 3.41. The van der Waals surface area contributed by atoms with Gasteiger partial charge in [-0.15, -0.1) is 10.2 Å². The second kappa shape index (κ2) is 6.55. The molecule has 3 amide bonds. The smallest absolute Gasteiger partial charge is 0.319 e. The monoisotopic (exact) mass is 295 g/mol. The molecule has 0 aromatic carbocycles. The van der Waals surface area contributed by atoms with Crippen molar-refractivity contribution >= 4 is 11.9 Å². The molecule has 1 aromatic heterocycles. The molecule has 1 aliphatic heterocycles. The topological polar surface area (TPSA) is 82.8 Å². The quantitative estimate of drug-likeness (QED) is 0.792. The molecule has 116 valence electrons. The number of carbonyl (C=O) groups is 2. The summed E-state index contributed by atoms with van der Waals surface area (Å²) < 4.78 is 5.24. The molecule has 0 N–H and O–H groups in total. The number of carbonyl (C=O) groups excluding carboxylic acids is 2. The summed E-state index contributed by atoms with van der Waals surface area (Å²) in [5, 5.41) is 7.60. The third kappa shape index (κ3) is 3.93. The van der Waals surface area contributed by atoms with Crippen molar-refractivity contribution in [2.24, 2.45) is 0 Å². The summed E-state index contributed by atoms with van der Waals surface area (Å²) in [6.45, 7) is 4.01. The Kier molecular flexibility index (Phi) is 4.77. The number of amides is 3. The van der Waals surface area contributed by atoms with E-state index in [1.165, 1.54) is 0 Å². The number of piperazine rings is 1. The first-order chi connectivity index (χ1) is 9.97. The van der Waals surface area contributed by atoms with Gasteiger partial charge < -0.3 is 19.1 Å². The Balaban J connectivity index is 1.76. The Labute approximate surface area is 123 Å². The van der Waals surface area contributed by atoms with Gasteiger partial charge in [-0.3, -0.25) is 4.79 Å². The van der Waals surface area contributed by atoms with E-state index in [1.807, 2.05) is 0 Å². The molecule has 0 bridgehead atoms. The largest absolute Gasteiger partial charge is 0.426 e. The summed E-state index contributed by atoms with van der Waals surface area (Å²) in [4.78, 5) is 29.0. The van der Waals surface area contributed by atoms with Gasteiger partial charge in [-0.2, -0.15) is 0 Å². The van der Waals surface area contributed by atoms with Gasteiger partial charge in [0.25, 0.3) is 0 Å². The third-order valence-electron chi connectivity index (χ3n) is 3.41. The normalized spacial score (nSPS) is 15.2. The lowest BCUT2D eigenvalue weighted by atomic mass is 10.2. The van der Waals surface area contributed by atoms with E-state index in [-0.39, 0.29) is 11.9 Å². The first kappa shape index (κ1) is 15.3. The molecule has 0 saturated carbocycles. The van der Waals surface area contributed by atoms with Crippen LogP contribution in [0.2, 0.25) is 0 Å². The predicted molar refractivity (Wildman–Crippen MR) is 74.6 cm³/mol. The number of rotatable bonds is 3. The highest BCUT2D eigenvalue weighted by Crippen LogP contribution is 2.08. The summed E-state index contributed by atoms with van der Waals surface area (Å²) >= 11 is 0. The van der Waals surface area contributed by atoms with Gasteiger partial charge in [0.1, 0.15) is 0 Å². The Morgan fingerprint density at radius 1 is 1.14 bits per heavy atom. The first-order valence-electron chi connectivity index (χ1n) is 7.00. The van der Waals surface area contributed by atoms with E-state index in [9.17, 15) is 9.59 Å². The molecule has 0 spiro atoms. The van der Waals surface area contributed by atoms with Gasteiger partial charge in [-0.05, 0) is 0 Å². The molecule has 1 saturated heterocycles. The van der Waals surface area contributed by atoms with E-state index in [4.69, 9.17) is 4.42 Å². The zero-order valence-corrected chi connectivity index (χ0v) is 12.7. The van der Waals surface area contributed by atoms with Gasteiger partial charge in [0.05, 0.1) is 0 Å². The fourth-order valence-electron chi connectivity index (χ4n) is 2.24. The van der Waals surface area contributed by atoms with Gasteiger partial charge in [0, 0.05) is 60.0 Å². The van der Waals surface area contributed by atoms with Crippen LogP contribution in [0.4, 0.5) is 4.79 Å². The molecule has 8 heteroatoms. The zero-order valence-electron chi connectivity index (χ0n) is 12.7. The van der Waals surface area contributed by atoms with Crippen LogP contribution in [0.1, 0.15) is 18.2 Å². The van der Waals surface area contributed by atoms with Crippen molar-refractivity contribution in [1.29, 1.82) is 0 Å². The van der Waals surface area contributed by atoms with Crippen LogP contribution in [-0.4, -0.2) is 77.1 Å². The van der Waals surface area contributed by atoms with E-state index in [0.717, 1.165) is 0 Å². The van der Waals surface area contributed by atoms with E-state index < -0.39 is 0 Å². The van der Waals surface area contributed by atoms with Gasteiger partial charge >= 0.3 is 6.03 Å². The fourth-order valence-corrected chi connectivity index (χ4v) is 2.24. The van der Waals surface area contributed by atoms with E-state index in [2.05, 4.69) is 10.2 Å². The Morgan fingerprint density at radius 3 is 2.29 bits per heavy atom. The SMILES string of the molecule is Cc1nnc(CCC(=O)N2CCN(C(=O)N(C)C)CC2)o1. The van der Waals surface area contributed by atoms with Gasteiger partial charge in [-0.25, -0.2) is 4.79 Å². The Hall–Kier alpha value is -2.12. The van der Waals surface area contributed by atoms with Crippen LogP contribution in [0, 0.1) is 6.92 Å². The summed E-state index contributed by atoms with van der Waals surface area (Å²) in [6, 6.07) is -0.0107. The Morgan fingerprint density at radius 2 is 1.76 bits per heavy atom. The molecular formula is C13H21N5O3. The van der Waals surface area contributed by atoms with Crippen LogP contribution in [0.3, 0.4) is 0 Å². The van der Waals surface area contributed by atoms with Gasteiger partial charge in [0.15, 0.2) is 0 Å². The van der Waals surface area contributed by atoms with E-state index in [0.29, 0.717) is 50.8 Å². The molecule has 0 unspecified atom stereocenters. The lowest BCUT2D eigenvalue weighted by molar-refractivity contribution is -0.132. The maximum Gasteiger partial charge on any atom is 0.319 e. The van der Waals surface area contributed by atoms with Crippen molar-refractivity contribution in [3.63, 3.8) is 0 Å². The van der Waals surface area contributed by atoms with Crippen LogP contribution in [-0.2, 0) is 11.2 Å². The lowest BCUT2D eigenvalue weighted by Gasteiger charge is -2.36. The first-order valence-corrected chi connectivity index (χ1v) is 7.00. The fraction of sp³-hybridized carbons (Fsp3) is 0.692. The van der Waals surface area contributed by atoms with Crippen LogP contribution < -0.4 is 0 Å². The molecule has 2 rings (SSSR count). The van der Waals surface area contributed by atoms with Gasteiger partial charge in [0.2, 0.25) is 17.7 Å². The standard InChI is InChI=1S/C13H21N5O3/c1-10-14-15-11(21-10)4-5-12(19)17-6-8-18(9-7-17)13(20)16(2)3/h4-9H2,1-3H3.